The summed E-state index contributed by atoms with van der Waals surface area (Å²) in [4.78, 5) is 0. The van der Waals surface area contributed by atoms with Crippen molar-refractivity contribution in [2.24, 2.45) is 0 Å². The first-order chi connectivity index (χ1) is 6.15. The van der Waals surface area contributed by atoms with Crippen molar-refractivity contribution in [3.8, 4) is 0 Å². The minimum atomic E-state index is -0.682. The van der Waals surface area contributed by atoms with Crippen LogP contribution in [0.4, 0.5) is 14.5 Å². The summed E-state index contributed by atoms with van der Waals surface area (Å²) < 4.78 is 26.0. The quantitative estimate of drug-likeness (QED) is 0.581. The monoisotopic (exact) mass is 203 g/mol. The molecule has 0 spiro atoms. The van der Waals surface area contributed by atoms with Gasteiger partial charge in [-0.15, -0.1) is 11.6 Å². The number of alkyl halides is 1. The highest BCUT2D eigenvalue weighted by atomic mass is 35.5. The Morgan fingerprint density at radius 2 is 1.85 bits per heavy atom. The number of rotatable bonds is 2. The van der Waals surface area contributed by atoms with Gasteiger partial charge in [-0.25, -0.2) is 8.78 Å². The van der Waals surface area contributed by atoms with Gasteiger partial charge in [0.15, 0.2) is 0 Å². The average molecular weight is 204 g/mol. The van der Waals surface area contributed by atoms with Gasteiger partial charge in [-0.2, -0.15) is 0 Å². The third-order valence-electron chi connectivity index (χ3n) is 1.47. The van der Waals surface area contributed by atoms with Gasteiger partial charge in [0.1, 0.15) is 11.6 Å². The standard InChI is InChI=1S/C9H8ClF2N/c10-3-1-2-7-8(11)4-6(13)5-9(7)12/h1-2,4-5H,3,13H2. The topological polar surface area (TPSA) is 26.0 Å². The molecule has 0 atom stereocenters. The second-order valence-electron chi connectivity index (χ2n) is 2.45. The predicted octanol–water partition coefficient (Wildman–Crippen LogP) is 2.80. The smallest absolute Gasteiger partial charge is 0.135 e. The maximum absolute atomic E-state index is 13.0. The second-order valence-corrected chi connectivity index (χ2v) is 2.76. The molecule has 0 aliphatic rings. The molecule has 0 saturated heterocycles. The number of allylic oxidation sites excluding steroid dienone is 1. The molecule has 0 aliphatic carbocycles. The summed E-state index contributed by atoms with van der Waals surface area (Å²) in [6.45, 7) is 0. The van der Waals surface area contributed by atoms with Crippen LogP contribution in [-0.2, 0) is 0 Å². The van der Waals surface area contributed by atoms with Gasteiger partial charge in [0, 0.05) is 17.1 Å². The molecular weight excluding hydrogens is 196 g/mol. The summed E-state index contributed by atoms with van der Waals surface area (Å²) in [6.07, 6.45) is 2.75. The maximum atomic E-state index is 13.0. The molecule has 0 aliphatic heterocycles. The Balaban J connectivity index is 3.13. The molecule has 1 nitrogen and oxygen atoms in total. The largest absolute Gasteiger partial charge is 0.399 e. The lowest BCUT2D eigenvalue weighted by Gasteiger charge is -2.00. The molecule has 1 aromatic rings. The van der Waals surface area contributed by atoms with Crippen molar-refractivity contribution in [3.63, 3.8) is 0 Å². The summed E-state index contributed by atoms with van der Waals surface area (Å²) in [6, 6.07) is 2.13. The van der Waals surface area contributed by atoms with E-state index >= 15 is 0 Å². The van der Waals surface area contributed by atoms with E-state index in [0.29, 0.717) is 0 Å². The van der Waals surface area contributed by atoms with E-state index in [2.05, 4.69) is 0 Å². The number of nitrogens with two attached hydrogens (primary N) is 1. The fraction of sp³-hybridized carbons (Fsp3) is 0.111. The number of benzene rings is 1. The Morgan fingerprint density at radius 3 is 2.31 bits per heavy atom. The first kappa shape index (κ1) is 9.99. The Kier molecular flexibility index (Phi) is 3.25. The fourth-order valence-electron chi connectivity index (χ4n) is 0.926. The Morgan fingerprint density at radius 1 is 1.31 bits per heavy atom. The SMILES string of the molecule is Nc1cc(F)c(C=CCCl)c(F)c1. The zero-order chi connectivity index (χ0) is 9.84. The van der Waals surface area contributed by atoms with Gasteiger partial charge in [0.25, 0.3) is 0 Å². The van der Waals surface area contributed by atoms with E-state index in [1.54, 1.807) is 0 Å². The molecule has 0 saturated carbocycles. The molecule has 0 radical (unpaired) electrons. The molecule has 0 aromatic heterocycles. The van der Waals surface area contributed by atoms with E-state index in [4.69, 9.17) is 17.3 Å². The molecule has 0 heterocycles. The third-order valence-corrected chi connectivity index (χ3v) is 1.65. The van der Waals surface area contributed by atoms with Gasteiger partial charge < -0.3 is 5.73 Å². The van der Waals surface area contributed by atoms with Crippen molar-refractivity contribution < 1.29 is 8.78 Å². The lowest BCUT2D eigenvalue weighted by atomic mass is 10.1. The predicted molar refractivity (Wildman–Crippen MR) is 50.5 cm³/mol. The number of hydrogen-bond acceptors (Lipinski definition) is 1. The van der Waals surface area contributed by atoms with Crippen LogP contribution >= 0.6 is 11.6 Å². The highest BCUT2D eigenvalue weighted by molar-refractivity contribution is 6.19. The molecule has 13 heavy (non-hydrogen) atoms. The van der Waals surface area contributed by atoms with Crippen molar-refractivity contribution in [3.05, 3.63) is 35.4 Å². The van der Waals surface area contributed by atoms with Gasteiger partial charge in [-0.05, 0) is 12.1 Å². The van der Waals surface area contributed by atoms with Gasteiger partial charge in [-0.1, -0.05) is 12.2 Å². The number of halogens is 3. The van der Waals surface area contributed by atoms with Crippen molar-refractivity contribution in [1.82, 2.24) is 0 Å². The van der Waals surface area contributed by atoms with Gasteiger partial charge in [-0.3, -0.25) is 0 Å². The Hall–Kier alpha value is -1.09. The number of anilines is 1. The average Bonchev–Trinajstić information content (AvgIpc) is 2.02. The molecule has 0 unspecified atom stereocenters. The van der Waals surface area contributed by atoms with Crippen LogP contribution < -0.4 is 5.73 Å². The Labute approximate surface area is 79.8 Å². The van der Waals surface area contributed by atoms with Crippen LogP contribution in [0, 0.1) is 11.6 Å². The summed E-state index contributed by atoms with van der Waals surface area (Å²) in [7, 11) is 0. The van der Waals surface area contributed by atoms with E-state index in [-0.39, 0.29) is 17.1 Å². The number of nitrogen functional groups attached to an aromatic ring is 1. The first-order valence-electron chi connectivity index (χ1n) is 3.62. The highest BCUT2D eigenvalue weighted by Crippen LogP contribution is 2.17. The zero-order valence-corrected chi connectivity index (χ0v) is 7.48. The minimum Gasteiger partial charge on any atom is -0.399 e. The normalized spacial score (nSPS) is 11.0. The second kappa shape index (κ2) is 4.23. The molecule has 0 bridgehead atoms. The summed E-state index contributed by atoms with van der Waals surface area (Å²) in [5.74, 6) is -1.15. The van der Waals surface area contributed by atoms with Crippen molar-refractivity contribution >= 4 is 23.4 Å². The van der Waals surface area contributed by atoms with E-state index in [1.165, 1.54) is 12.2 Å². The molecular formula is C9H8ClF2N. The van der Waals surface area contributed by atoms with Crippen LogP contribution in [0.15, 0.2) is 18.2 Å². The van der Waals surface area contributed by atoms with Crippen LogP contribution in [0.3, 0.4) is 0 Å². The number of hydrogen-bond donors (Lipinski definition) is 1. The highest BCUT2D eigenvalue weighted by Gasteiger charge is 2.06. The lowest BCUT2D eigenvalue weighted by molar-refractivity contribution is 0.580. The van der Waals surface area contributed by atoms with Crippen LogP contribution in [0.1, 0.15) is 5.56 Å². The summed E-state index contributed by atoms with van der Waals surface area (Å²) in [5.41, 5.74) is 5.18. The van der Waals surface area contributed by atoms with Crippen LogP contribution in [0.5, 0.6) is 0 Å². The van der Waals surface area contributed by atoms with Gasteiger partial charge >= 0.3 is 0 Å². The van der Waals surface area contributed by atoms with Crippen LogP contribution in [0.25, 0.3) is 6.08 Å². The summed E-state index contributed by atoms with van der Waals surface area (Å²) in [5, 5.41) is 0. The van der Waals surface area contributed by atoms with Crippen molar-refractivity contribution in [2.75, 3.05) is 11.6 Å². The third kappa shape index (κ3) is 2.42. The van der Waals surface area contributed by atoms with Crippen LogP contribution in [-0.4, -0.2) is 5.88 Å². The molecule has 1 rings (SSSR count). The van der Waals surface area contributed by atoms with E-state index in [1.807, 2.05) is 0 Å². The first-order valence-corrected chi connectivity index (χ1v) is 4.15. The summed E-state index contributed by atoms with van der Waals surface area (Å²) >= 11 is 5.33. The van der Waals surface area contributed by atoms with Crippen LogP contribution in [0.2, 0.25) is 0 Å². The van der Waals surface area contributed by atoms with E-state index in [9.17, 15) is 8.78 Å². The van der Waals surface area contributed by atoms with Gasteiger partial charge in [0.05, 0.1) is 0 Å². The molecule has 0 fully saturated rings. The van der Waals surface area contributed by atoms with Gasteiger partial charge in [0.2, 0.25) is 0 Å². The Bertz CT molecular complexity index is 313. The molecule has 1 aromatic carbocycles. The zero-order valence-electron chi connectivity index (χ0n) is 6.73. The maximum Gasteiger partial charge on any atom is 0.135 e. The van der Waals surface area contributed by atoms with E-state index < -0.39 is 11.6 Å². The molecule has 0 amide bonds. The van der Waals surface area contributed by atoms with Crippen molar-refractivity contribution in [1.29, 1.82) is 0 Å². The lowest BCUT2D eigenvalue weighted by Crippen LogP contribution is -1.93. The molecule has 4 heteroatoms. The fourth-order valence-corrected chi connectivity index (χ4v) is 1.01. The molecule has 70 valence electrons. The van der Waals surface area contributed by atoms with E-state index in [0.717, 1.165) is 12.1 Å². The van der Waals surface area contributed by atoms with Crippen molar-refractivity contribution in [2.45, 2.75) is 0 Å². The molecule has 2 N–H and O–H groups in total. The minimum absolute atomic E-state index is 0.0676.